The Balaban J connectivity index is 5.47. The Morgan fingerprint density at radius 1 is 0.697 bits per heavy atom. The first-order valence-corrected chi connectivity index (χ1v) is 7.97. The smallest absolute Gasteiger partial charge is 0.391 e. The van der Waals surface area contributed by atoms with Crippen molar-refractivity contribution in [3.63, 3.8) is 0 Å². The van der Waals surface area contributed by atoms with Gasteiger partial charge in [0.2, 0.25) is 0 Å². The molecule has 0 radical (unpaired) electrons. The largest absolute Gasteiger partial charge is 0.460 e. The Bertz CT molecular complexity index is 647. The second kappa shape index (κ2) is 10.0. The van der Waals surface area contributed by atoms with E-state index >= 15 is 0 Å². The number of aliphatic hydroxyl groups is 1. The summed E-state index contributed by atoms with van der Waals surface area (Å²) in [6, 6.07) is 0. The maximum Gasteiger partial charge on any atom is 0.460 e. The van der Waals surface area contributed by atoms with Gasteiger partial charge >= 0.3 is 42.5 Å². The zero-order chi connectivity index (χ0) is 26.7. The number of hydrogen-bond acceptors (Lipinski definition) is 4. The monoisotopic (exact) mass is 530 g/mol. The second-order valence-corrected chi connectivity index (χ2v) is 6.07. The third-order valence-corrected chi connectivity index (χ3v) is 3.27. The predicted molar refractivity (Wildman–Crippen MR) is 74.2 cm³/mol. The van der Waals surface area contributed by atoms with Crippen LogP contribution in [0.2, 0.25) is 0 Å². The van der Waals surface area contributed by atoms with Gasteiger partial charge in [0.05, 0.1) is 12.7 Å². The van der Waals surface area contributed by atoms with Gasteiger partial charge in [0.15, 0.2) is 0 Å². The standard InChI is InChI=1S/C14H13F15O4/c1-2-3-4-7(30)5-31-6-8(15,16)32-13(26,27)14(28,29)33-12(24,25)10(19,20)9(17,18)11(21,22)23/h2,7,30H,1,3-6H2/t7-/m1/s1. The average molecular weight is 530 g/mol. The van der Waals surface area contributed by atoms with Crippen molar-refractivity contribution in [3.05, 3.63) is 12.7 Å². The lowest BCUT2D eigenvalue weighted by atomic mass is 10.1. The molecule has 0 bridgehead atoms. The molecule has 0 aliphatic rings. The number of ether oxygens (including phenoxy) is 3. The van der Waals surface area contributed by atoms with E-state index in [-0.39, 0.29) is 12.8 Å². The van der Waals surface area contributed by atoms with Crippen molar-refractivity contribution in [1.29, 1.82) is 0 Å². The highest BCUT2D eigenvalue weighted by atomic mass is 19.4. The number of hydrogen-bond donors (Lipinski definition) is 1. The topological polar surface area (TPSA) is 47.9 Å². The molecule has 0 fully saturated rings. The van der Waals surface area contributed by atoms with Crippen LogP contribution < -0.4 is 0 Å². The number of allylic oxidation sites excluding steroid dienone is 1. The van der Waals surface area contributed by atoms with Crippen LogP contribution in [0.15, 0.2) is 12.7 Å². The summed E-state index contributed by atoms with van der Waals surface area (Å²) < 4.78 is 200. The molecule has 0 heterocycles. The molecule has 0 amide bonds. The molecule has 33 heavy (non-hydrogen) atoms. The Morgan fingerprint density at radius 2 is 1.15 bits per heavy atom. The molecule has 0 unspecified atom stereocenters. The van der Waals surface area contributed by atoms with E-state index in [1.165, 1.54) is 10.8 Å². The van der Waals surface area contributed by atoms with Crippen LogP contribution in [0, 0.1) is 0 Å². The van der Waals surface area contributed by atoms with E-state index in [2.05, 4.69) is 16.1 Å². The van der Waals surface area contributed by atoms with Gasteiger partial charge in [-0.2, -0.15) is 65.9 Å². The Labute approximate surface area is 173 Å². The third-order valence-electron chi connectivity index (χ3n) is 3.27. The normalized spacial score (nSPS) is 16.1. The maximum atomic E-state index is 13.2. The lowest BCUT2D eigenvalue weighted by molar-refractivity contribution is -0.543. The number of rotatable bonds is 14. The van der Waals surface area contributed by atoms with Crippen LogP contribution in [0.3, 0.4) is 0 Å². The van der Waals surface area contributed by atoms with Crippen LogP contribution in [0.4, 0.5) is 65.9 Å². The second-order valence-electron chi connectivity index (χ2n) is 6.07. The zero-order valence-corrected chi connectivity index (χ0v) is 15.5. The van der Waals surface area contributed by atoms with Gasteiger partial charge in [-0.05, 0) is 12.8 Å². The van der Waals surface area contributed by atoms with Gasteiger partial charge in [0.1, 0.15) is 6.61 Å². The number of aliphatic hydroxyl groups excluding tert-OH is 1. The Kier molecular flexibility index (Phi) is 9.58. The average Bonchev–Trinajstić information content (AvgIpc) is 2.56. The molecule has 19 heteroatoms. The van der Waals surface area contributed by atoms with Gasteiger partial charge < -0.3 is 9.84 Å². The van der Waals surface area contributed by atoms with E-state index in [9.17, 15) is 71.0 Å². The van der Waals surface area contributed by atoms with Crippen LogP contribution in [0.5, 0.6) is 0 Å². The van der Waals surface area contributed by atoms with Gasteiger partial charge in [0.25, 0.3) is 0 Å². The molecule has 0 spiro atoms. The lowest BCUT2D eigenvalue weighted by Crippen LogP contribution is -2.64. The lowest BCUT2D eigenvalue weighted by Gasteiger charge is -2.36. The van der Waals surface area contributed by atoms with E-state index in [0.29, 0.717) is 0 Å². The summed E-state index contributed by atoms with van der Waals surface area (Å²) in [6.45, 7) is -0.159. The van der Waals surface area contributed by atoms with Crippen molar-refractivity contribution < 1.29 is 85.2 Å². The first-order chi connectivity index (χ1) is 14.4. The third kappa shape index (κ3) is 7.51. The fourth-order valence-corrected chi connectivity index (χ4v) is 1.63. The van der Waals surface area contributed by atoms with Gasteiger partial charge in [-0.15, -0.1) is 6.58 Å². The molecule has 0 aliphatic heterocycles. The maximum absolute atomic E-state index is 13.2. The summed E-state index contributed by atoms with van der Waals surface area (Å²) in [7, 11) is 0. The van der Waals surface area contributed by atoms with Crippen molar-refractivity contribution in [3.8, 4) is 0 Å². The van der Waals surface area contributed by atoms with Crippen LogP contribution in [-0.4, -0.2) is 66.9 Å². The van der Waals surface area contributed by atoms with E-state index in [1.54, 1.807) is 0 Å². The van der Waals surface area contributed by atoms with E-state index in [0.717, 1.165) is 0 Å². The summed E-state index contributed by atoms with van der Waals surface area (Å²) in [5, 5.41) is 9.22. The summed E-state index contributed by atoms with van der Waals surface area (Å²) >= 11 is 0. The summed E-state index contributed by atoms with van der Waals surface area (Å²) in [5.41, 5.74) is 0. The molecule has 4 nitrogen and oxygen atoms in total. The van der Waals surface area contributed by atoms with E-state index in [1.807, 2.05) is 0 Å². The minimum absolute atomic E-state index is 0.116. The molecular weight excluding hydrogens is 517 g/mol. The van der Waals surface area contributed by atoms with Crippen LogP contribution in [0.1, 0.15) is 12.8 Å². The minimum Gasteiger partial charge on any atom is -0.391 e. The molecule has 1 N–H and O–H groups in total. The quantitative estimate of drug-likeness (QED) is 0.236. The highest BCUT2D eigenvalue weighted by Gasteiger charge is 2.85. The molecule has 0 saturated heterocycles. The van der Waals surface area contributed by atoms with Gasteiger partial charge in [-0.3, -0.25) is 0 Å². The van der Waals surface area contributed by atoms with Crippen LogP contribution in [0.25, 0.3) is 0 Å². The van der Waals surface area contributed by atoms with Gasteiger partial charge in [0, 0.05) is 0 Å². The molecule has 0 saturated carbocycles. The first kappa shape index (κ1) is 31.5. The minimum atomic E-state index is -7.91. The molecular formula is C14H13F15O4. The first-order valence-electron chi connectivity index (χ1n) is 7.97. The fraction of sp³-hybridized carbons (Fsp3) is 0.857. The molecule has 0 aromatic carbocycles. The van der Waals surface area contributed by atoms with E-state index in [4.69, 9.17) is 0 Å². The van der Waals surface area contributed by atoms with Gasteiger partial charge in [-0.1, -0.05) is 6.08 Å². The summed E-state index contributed by atoms with van der Waals surface area (Å²) in [6.07, 6.45) is -35.3. The van der Waals surface area contributed by atoms with Gasteiger partial charge in [-0.25, -0.2) is 9.47 Å². The summed E-state index contributed by atoms with van der Waals surface area (Å²) in [5.74, 6) is -15.7. The zero-order valence-electron chi connectivity index (χ0n) is 15.5. The summed E-state index contributed by atoms with van der Waals surface area (Å²) in [4.78, 5) is 0. The van der Waals surface area contributed by atoms with Crippen LogP contribution in [-0.2, 0) is 14.2 Å². The predicted octanol–water partition coefficient (Wildman–Crippen LogP) is 5.57. The molecule has 0 aliphatic carbocycles. The fourth-order valence-electron chi connectivity index (χ4n) is 1.63. The van der Waals surface area contributed by atoms with Crippen molar-refractivity contribution in [2.45, 2.75) is 61.4 Å². The van der Waals surface area contributed by atoms with E-state index < -0.39 is 61.8 Å². The molecule has 0 rings (SSSR count). The van der Waals surface area contributed by atoms with Crippen molar-refractivity contribution in [2.75, 3.05) is 13.2 Å². The highest BCUT2D eigenvalue weighted by Crippen LogP contribution is 2.55. The van der Waals surface area contributed by atoms with Crippen LogP contribution >= 0.6 is 0 Å². The number of alkyl halides is 15. The molecule has 0 aromatic heterocycles. The molecule has 0 aromatic rings. The molecule has 198 valence electrons. The Morgan fingerprint density at radius 3 is 1.58 bits per heavy atom. The Hall–Kier alpha value is -1.47. The molecule has 1 atom stereocenters. The highest BCUT2D eigenvalue weighted by molar-refractivity contribution is 4.97. The SMILES string of the molecule is C=CCC[C@@H](O)COCC(F)(F)OC(F)(F)C(F)(F)OC(F)(F)C(F)(F)C(F)(F)C(F)(F)F. The van der Waals surface area contributed by atoms with Crippen molar-refractivity contribution in [1.82, 2.24) is 0 Å². The number of halogens is 15. The van der Waals surface area contributed by atoms with Crippen molar-refractivity contribution >= 4 is 0 Å². The van der Waals surface area contributed by atoms with Crippen molar-refractivity contribution in [2.24, 2.45) is 0 Å².